The van der Waals surface area contributed by atoms with Crippen LogP contribution in [0.5, 0.6) is 0 Å². The molecule has 4 rings (SSSR count). The van der Waals surface area contributed by atoms with Gasteiger partial charge in [-0.25, -0.2) is 4.98 Å². The second kappa shape index (κ2) is 7.09. The number of carbonyl (C=O) groups is 1. The third kappa shape index (κ3) is 3.11. The van der Waals surface area contributed by atoms with Crippen molar-refractivity contribution in [3.05, 3.63) is 60.7 Å². The summed E-state index contributed by atoms with van der Waals surface area (Å²) in [6.07, 6.45) is 6.71. The fraction of sp³-hybridized carbons (Fsp3) is 0.333. The van der Waals surface area contributed by atoms with E-state index >= 15 is 0 Å². The summed E-state index contributed by atoms with van der Waals surface area (Å²) >= 11 is 0. The maximum atomic E-state index is 13.0. The number of rotatable bonds is 4. The molecule has 8 heteroatoms. The third-order valence-corrected chi connectivity index (χ3v) is 4.52. The summed E-state index contributed by atoms with van der Waals surface area (Å²) in [7, 11) is 0. The summed E-state index contributed by atoms with van der Waals surface area (Å²) in [6.45, 7) is 4.30. The molecule has 2 aromatic heterocycles. The molecule has 0 bridgehead atoms. The lowest BCUT2D eigenvalue weighted by Gasteiger charge is -2.32. The van der Waals surface area contributed by atoms with Gasteiger partial charge in [0.1, 0.15) is 12.4 Å². The van der Waals surface area contributed by atoms with Gasteiger partial charge in [0, 0.05) is 36.7 Å². The SMILES string of the molecule is CCn1cnnc1C1CN(C(=O)c2cccc(-n3ccnc3)c2)CCO1. The molecule has 0 radical (unpaired) electrons. The molecule has 1 aliphatic heterocycles. The first-order valence-electron chi connectivity index (χ1n) is 8.63. The van der Waals surface area contributed by atoms with E-state index in [0.29, 0.717) is 25.3 Å². The minimum atomic E-state index is -0.257. The molecule has 26 heavy (non-hydrogen) atoms. The van der Waals surface area contributed by atoms with Crippen LogP contribution in [-0.2, 0) is 11.3 Å². The van der Waals surface area contributed by atoms with Crippen LogP contribution < -0.4 is 0 Å². The summed E-state index contributed by atoms with van der Waals surface area (Å²) in [6, 6.07) is 7.54. The van der Waals surface area contributed by atoms with Crippen LogP contribution in [0.1, 0.15) is 29.2 Å². The number of morpholine rings is 1. The van der Waals surface area contributed by atoms with Crippen LogP contribution in [0.15, 0.2) is 49.3 Å². The largest absolute Gasteiger partial charge is 0.366 e. The van der Waals surface area contributed by atoms with E-state index in [1.54, 1.807) is 18.9 Å². The average Bonchev–Trinajstić information content (AvgIpc) is 3.39. The Kier molecular flexibility index (Phi) is 4.49. The molecule has 3 aromatic rings. The normalized spacial score (nSPS) is 17.4. The molecule has 1 saturated heterocycles. The molecule has 1 atom stereocenters. The highest BCUT2D eigenvalue weighted by atomic mass is 16.5. The smallest absolute Gasteiger partial charge is 0.254 e. The number of amides is 1. The summed E-state index contributed by atoms with van der Waals surface area (Å²) in [5, 5.41) is 8.12. The first kappa shape index (κ1) is 16.5. The van der Waals surface area contributed by atoms with Crippen LogP contribution in [0.2, 0.25) is 0 Å². The minimum Gasteiger partial charge on any atom is -0.366 e. The van der Waals surface area contributed by atoms with E-state index in [2.05, 4.69) is 15.2 Å². The van der Waals surface area contributed by atoms with Crippen LogP contribution in [0.3, 0.4) is 0 Å². The van der Waals surface area contributed by atoms with E-state index < -0.39 is 0 Å². The molecule has 1 aromatic carbocycles. The number of carbonyl (C=O) groups excluding carboxylic acids is 1. The summed E-state index contributed by atoms with van der Waals surface area (Å²) in [5.74, 6) is 0.750. The third-order valence-electron chi connectivity index (χ3n) is 4.52. The van der Waals surface area contributed by atoms with Gasteiger partial charge in [-0.2, -0.15) is 0 Å². The number of hydrogen-bond acceptors (Lipinski definition) is 5. The number of benzene rings is 1. The number of imidazole rings is 1. The predicted molar refractivity (Wildman–Crippen MR) is 93.9 cm³/mol. The highest BCUT2D eigenvalue weighted by molar-refractivity contribution is 5.94. The van der Waals surface area contributed by atoms with Crippen molar-refractivity contribution in [3.8, 4) is 5.69 Å². The lowest BCUT2D eigenvalue weighted by atomic mass is 10.1. The van der Waals surface area contributed by atoms with Crippen molar-refractivity contribution in [3.63, 3.8) is 0 Å². The van der Waals surface area contributed by atoms with Crippen LogP contribution in [0, 0.1) is 0 Å². The summed E-state index contributed by atoms with van der Waals surface area (Å²) < 4.78 is 9.65. The Labute approximate surface area is 151 Å². The molecule has 1 unspecified atom stereocenters. The fourth-order valence-electron chi connectivity index (χ4n) is 3.14. The number of aryl methyl sites for hydroxylation is 1. The van der Waals surface area contributed by atoms with Crippen LogP contribution in [0.25, 0.3) is 5.69 Å². The molecule has 0 aliphatic carbocycles. The number of aromatic nitrogens is 5. The fourth-order valence-corrected chi connectivity index (χ4v) is 3.14. The van der Waals surface area contributed by atoms with Crippen molar-refractivity contribution >= 4 is 5.91 Å². The van der Waals surface area contributed by atoms with Crippen molar-refractivity contribution in [2.45, 2.75) is 19.6 Å². The maximum absolute atomic E-state index is 13.0. The van der Waals surface area contributed by atoms with Gasteiger partial charge >= 0.3 is 0 Å². The van der Waals surface area contributed by atoms with Crippen LogP contribution in [-0.4, -0.2) is 54.8 Å². The van der Waals surface area contributed by atoms with Gasteiger partial charge in [0.15, 0.2) is 5.82 Å². The predicted octanol–water partition coefficient (Wildman–Crippen LogP) is 1.70. The van der Waals surface area contributed by atoms with Crippen molar-refractivity contribution in [2.75, 3.05) is 19.7 Å². The van der Waals surface area contributed by atoms with E-state index in [1.807, 2.05) is 51.4 Å². The first-order valence-corrected chi connectivity index (χ1v) is 8.63. The minimum absolute atomic E-state index is 0.0113. The van der Waals surface area contributed by atoms with Crippen molar-refractivity contribution in [1.82, 2.24) is 29.2 Å². The molecular weight excluding hydrogens is 332 g/mol. The van der Waals surface area contributed by atoms with E-state index in [9.17, 15) is 4.79 Å². The topological polar surface area (TPSA) is 78.1 Å². The number of nitrogens with zero attached hydrogens (tertiary/aromatic N) is 6. The van der Waals surface area contributed by atoms with E-state index in [1.165, 1.54) is 0 Å². The Morgan fingerprint density at radius 1 is 1.35 bits per heavy atom. The van der Waals surface area contributed by atoms with Gasteiger partial charge in [0.2, 0.25) is 0 Å². The molecule has 0 saturated carbocycles. The van der Waals surface area contributed by atoms with Gasteiger partial charge in [-0.1, -0.05) is 6.07 Å². The molecule has 1 amide bonds. The standard InChI is InChI=1S/C18H20N6O2/c1-2-22-13-20-21-17(22)16-11-23(8-9-26-16)18(25)14-4-3-5-15(10-14)24-7-6-19-12-24/h3-7,10,12-13,16H,2,8-9,11H2,1H3. The van der Waals surface area contributed by atoms with Gasteiger partial charge in [0.25, 0.3) is 5.91 Å². The molecular formula is C18H20N6O2. The zero-order chi connectivity index (χ0) is 17.9. The lowest BCUT2D eigenvalue weighted by molar-refractivity contribution is -0.0283. The molecule has 1 aliphatic rings. The van der Waals surface area contributed by atoms with Crippen molar-refractivity contribution in [1.29, 1.82) is 0 Å². The first-order chi connectivity index (χ1) is 12.8. The molecule has 1 fully saturated rings. The van der Waals surface area contributed by atoms with Crippen molar-refractivity contribution < 1.29 is 9.53 Å². The number of ether oxygens (including phenoxy) is 1. The molecule has 3 heterocycles. The Bertz CT molecular complexity index is 889. The van der Waals surface area contributed by atoms with Gasteiger partial charge in [-0.05, 0) is 25.1 Å². The second-order valence-corrected chi connectivity index (χ2v) is 6.11. The van der Waals surface area contributed by atoms with Crippen LogP contribution in [0.4, 0.5) is 0 Å². The highest BCUT2D eigenvalue weighted by Crippen LogP contribution is 2.22. The Hall–Kier alpha value is -3.00. The zero-order valence-electron chi connectivity index (χ0n) is 14.5. The molecule has 0 N–H and O–H groups in total. The van der Waals surface area contributed by atoms with E-state index in [-0.39, 0.29) is 12.0 Å². The van der Waals surface area contributed by atoms with Crippen LogP contribution >= 0.6 is 0 Å². The molecule has 134 valence electrons. The zero-order valence-corrected chi connectivity index (χ0v) is 14.5. The van der Waals surface area contributed by atoms with E-state index in [0.717, 1.165) is 18.1 Å². The average molecular weight is 352 g/mol. The summed E-state index contributed by atoms with van der Waals surface area (Å²) in [4.78, 5) is 18.9. The maximum Gasteiger partial charge on any atom is 0.254 e. The monoisotopic (exact) mass is 352 g/mol. The Morgan fingerprint density at radius 3 is 3.08 bits per heavy atom. The van der Waals surface area contributed by atoms with Gasteiger partial charge < -0.3 is 18.8 Å². The van der Waals surface area contributed by atoms with E-state index in [4.69, 9.17) is 4.74 Å². The summed E-state index contributed by atoms with van der Waals surface area (Å²) in [5.41, 5.74) is 1.55. The van der Waals surface area contributed by atoms with Gasteiger partial charge in [-0.3, -0.25) is 4.79 Å². The molecule has 8 nitrogen and oxygen atoms in total. The lowest BCUT2D eigenvalue weighted by Crippen LogP contribution is -2.43. The van der Waals surface area contributed by atoms with Crippen molar-refractivity contribution in [2.24, 2.45) is 0 Å². The van der Waals surface area contributed by atoms with Gasteiger partial charge in [-0.15, -0.1) is 10.2 Å². The number of hydrogen-bond donors (Lipinski definition) is 0. The highest BCUT2D eigenvalue weighted by Gasteiger charge is 2.29. The van der Waals surface area contributed by atoms with Gasteiger partial charge in [0.05, 0.1) is 19.5 Å². The second-order valence-electron chi connectivity index (χ2n) is 6.11. The molecule has 0 spiro atoms. The Balaban J connectivity index is 1.54. The quantitative estimate of drug-likeness (QED) is 0.714. The Morgan fingerprint density at radius 2 is 2.27 bits per heavy atom.